The van der Waals surface area contributed by atoms with Crippen LogP contribution in [0.3, 0.4) is 0 Å². The maximum absolute atomic E-state index is 3.53. The van der Waals surface area contributed by atoms with Gasteiger partial charge in [0.05, 0.1) is 0 Å². The fourth-order valence-corrected chi connectivity index (χ4v) is 2.81. The van der Waals surface area contributed by atoms with Crippen LogP contribution in [-0.4, -0.2) is 69.2 Å². The normalized spacial score (nSPS) is 16.9. The van der Waals surface area contributed by atoms with Gasteiger partial charge in [-0.1, -0.05) is 0 Å². The molecular weight excluding hydrogens is 260 g/mol. The van der Waals surface area contributed by atoms with Crippen LogP contribution < -0.4 is 10.2 Å². The molecule has 4 heteroatoms. The van der Waals surface area contributed by atoms with E-state index in [1.165, 1.54) is 37.6 Å². The van der Waals surface area contributed by atoms with E-state index in [9.17, 15) is 0 Å². The van der Waals surface area contributed by atoms with Crippen molar-refractivity contribution in [3.63, 3.8) is 0 Å². The van der Waals surface area contributed by atoms with Gasteiger partial charge in [0.15, 0.2) is 0 Å². The molecule has 1 aromatic rings. The van der Waals surface area contributed by atoms with Crippen molar-refractivity contribution >= 4 is 11.4 Å². The molecule has 1 heterocycles. The Labute approximate surface area is 129 Å². The second-order valence-corrected chi connectivity index (χ2v) is 5.79. The molecule has 0 atom stereocenters. The lowest BCUT2D eigenvalue weighted by atomic mass is 10.2. The molecule has 1 aromatic carbocycles. The molecule has 0 spiro atoms. The summed E-state index contributed by atoms with van der Waals surface area (Å²) in [5.41, 5.74) is 2.53. The molecule has 1 aliphatic heterocycles. The summed E-state index contributed by atoms with van der Waals surface area (Å²) < 4.78 is 0. The van der Waals surface area contributed by atoms with E-state index >= 15 is 0 Å². The summed E-state index contributed by atoms with van der Waals surface area (Å²) >= 11 is 0. The smallest absolute Gasteiger partial charge is 0.0367 e. The minimum absolute atomic E-state index is 1.02. The lowest BCUT2D eigenvalue weighted by Crippen LogP contribution is -2.45. The van der Waals surface area contributed by atoms with Crippen molar-refractivity contribution in [1.82, 2.24) is 9.80 Å². The summed E-state index contributed by atoms with van der Waals surface area (Å²) in [7, 11) is 2.20. The molecule has 1 N–H and O–H groups in total. The fourth-order valence-electron chi connectivity index (χ4n) is 2.81. The first-order valence-electron chi connectivity index (χ1n) is 8.22. The van der Waals surface area contributed by atoms with Gasteiger partial charge in [-0.2, -0.15) is 0 Å². The lowest BCUT2D eigenvalue weighted by Gasteiger charge is -2.32. The van der Waals surface area contributed by atoms with Gasteiger partial charge in [-0.05, 0) is 45.2 Å². The van der Waals surface area contributed by atoms with Crippen molar-refractivity contribution < 1.29 is 0 Å². The molecule has 0 aromatic heterocycles. The zero-order valence-corrected chi connectivity index (χ0v) is 13.8. The molecule has 0 bridgehead atoms. The molecule has 1 fully saturated rings. The van der Waals surface area contributed by atoms with Gasteiger partial charge in [0, 0.05) is 63.7 Å². The van der Waals surface area contributed by atoms with Crippen LogP contribution in [0.5, 0.6) is 0 Å². The molecule has 118 valence electrons. The predicted octanol–water partition coefficient (Wildman–Crippen LogP) is 2.19. The number of hydrogen-bond donors (Lipinski definition) is 1. The Morgan fingerprint density at radius 3 is 2.19 bits per heavy atom. The summed E-state index contributed by atoms with van der Waals surface area (Å²) in [6.45, 7) is 13.5. The van der Waals surface area contributed by atoms with Gasteiger partial charge in [0.25, 0.3) is 0 Å². The second-order valence-electron chi connectivity index (χ2n) is 5.79. The maximum atomic E-state index is 3.53. The van der Waals surface area contributed by atoms with Crippen LogP contribution in [0.15, 0.2) is 24.3 Å². The number of likely N-dealkylation sites (N-methyl/N-ethyl adjacent to an activating group) is 1. The average molecular weight is 290 g/mol. The topological polar surface area (TPSA) is 21.8 Å². The standard InChI is InChI=1S/C17H30N4/c1-4-21(5-2)17-8-6-16(7-9-17)18-10-11-20-14-12-19(3)13-15-20/h6-9,18H,4-5,10-15H2,1-3H3. The van der Waals surface area contributed by atoms with Crippen LogP contribution in [0, 0.1) is 0 Å². The molecule has 0 aliphatic carbocycles. The summed E-state index contributed by atoms with van der Waals surface area (Å²) in [5.74, 6) is 0. The van der Waals surface area contributed by atoms with Crippen molar-refractivity contribution in [3.05, 3.63) is 24.3 Å². The molecule has 0 saturated carbocycles. The highest BCUT2D eigenvalue weighted by Crippen LogP contribution is 2.17. The van der Waals surface area contributed by atoms with Crippen LogP contribution in [0.2, 0.25) is 0 Å². The molecule has 2 rings (SSSR count). The first kappa shape index (κ1) is 16.1. The summed E-state index contributed by atoms with van der Waals surface area (Å²) in [4.78, 5) is 7.31. The van der Waals surface area contributed by atoms with Gasteiger partial charge >= 0.3 is 0 Å². The number of nitrogens with zero attached hydrogens (tertiary/aromatic N) is 3. The summed E-state index contributed by atoms with van der Waals surface area (Å²) in [6, 6.07) is 8.81. The number of nitrogens with one attached hydrogen (secondary N) is 1. The first-order chi connectivity index (χ1) is 10.2. The van der Waals surface area contributed by atoms with Crippen LogP contribution in [0.1, 0.15) is 13.8 Å². The third-order valence-corrected chi connectivity index (χ3v) is 4.35. The minimum atomic E-state index is 1.02. The SMILES string of the molecule is CCN(CC)c1ccc(NCCN2CCN(C)CC2)cc1. The molecular formula is C17H30N4. The monoisotopic (exact) mass is 290 g/mol. The zero-order valence-electron chi connectivity index (χ0n) is 13.8. The quantitative estimate of drug-likeness (QED) is 0.831. The van der Waals surface area contributed by atoms with E-state index in [2.05, 4.69) is 65.2 Å². The van der Waals surface area contributed by atoms with Gasteiger partial charge in [-0.15, -0.1) is 0 Å². The van der Waals surface area contributed by atoms with E-state index in [-0.39, 0.29) is 0 Å². The van der Waals surface area contributed by atoms with E-state index < -0.39 is 0 Å². The van der Waals surface area contributed by atoms with Crippen molar-refractivity contribution in [2.45, 2.75) is 13.8 Å². The zero-order chi connectivity index (χ0) is 15.1. The van der Waals surface area contributed by atoms with Gasteiger partial charge in [0.2, 0.25) is 0 Å². The van der Waals surface area contributed by atoms with Crippen LogP contribution in [-0.2, 0) is 0 Å². The average Bonchev–Trinajstić information content (AvgIpc) is 2.52. The Bertz CT molecular complexity index is 392. The van der Waals surface area contributed by atoms with Gasteiger partial charge in [0.1, 0.15) is 0 Å². The van der Waals surface area contributed by atoms with Crippen molar-refractivity contribution in [2.75, 3.05) is 69.6 Å². The number of piperazine rings is 1. The molecule has 1 aliphatic rings. The van der Waals surface area contributed by atoms with Crippen molar-refractivity contribution in [2.24, 2.45) is 0 Å². The minimum Gasteiger partial charge on any atom is -0.384 e. The van der Waals surface area contributed by atoms with E-state index in [0.29, 0.717) is 0 Å². The van der Waals surface area contributed by atoms with Crippen LogP contribution in [0.25, 0.3) is 0 Å². The molecule has 4 nitrogen and oxygen atoms in total. The second kappa shape index (κ2) is 8.25. The van der Waals surface area contributed by atoms with Crippen LogP contribution >= 0.6 is 0 Å². The molecule has 1 saturated heterocycles. The lowest BCUT2D eigenvalue weighted by molar-refractivity contribution is 0.158. The van der Waals surface area contributed by atoms with E-state index in [1.54, 1.807) is 0 Å². The molecule has 0 unspecified atom stereocenters. The third-order valence-electron chi connectivity index (χ3n) is 4.35. The van der Waals surface area contributed by atoms with Gasteiger partial charge in [-0.25, -0.2) is 0 Å². The van der Waals surface area contributed by atoms with Gasteiger partial charge < -0.3 is 15.1 Å². The van der Waals surface area contributed by atoms with Crippen molar-refractivity contribution in [3.8, 4) is 0 Å². The molecule has 0 radical (unpaired) electrons. The fraction of sp³-hybridized carbons (Fsp3) is 0.647. The molecule has 21 heavy (non-hydrogen) atoms. The number of anilines is 2. The Kier molecular flexibility index (Phi) is 6.33. The van der Waals surface area contributed by atoms with Gasteiger partial charge in [-0.3, -0.25) is 4.90 Å². The van der Waals surface area contributed by atoms with Crippen molar-refractivity contribution in [1.29, 1.82) is 0 Å². The molecule has 0 amide bonds. The predicted molar refractivity (Wildman–Crippen MR) is 92.4 cm³/mol. The number of hydrogen-bond acceptors (Lipinski definition) is 4. The summed E-state index contributed by atoms with van der Waals surface area (Å²) in [5, 5.41) is 3.53. The summed E-state index contributed by atoms with van der Waals surface area (Å²) in [6.07, 6.45) is 0. The van der Waals surface area contributed by atoms with E-state index in [4.69, 9.17) is 0 Å². The van der Waals surface area contributed by atoms with E-state index in [0.717, 1.165) is 26.2 Å². The number of rotatable bonds is 7. The highest BCUT2D eigenvalue weighted by molar-refractivity contribution is 5.55. The Morgan fingerprint density at radius 2 is 1.62 bits per heavy atom. The highest BCUT2D eigenvalue weighted by Gasteiger charge is 2.12. The number of benzene rings is 1. The Hall–Kier alpha value is -1.26. The first-order valence-corrected chi connectivity index (χ1v) is 8.22. The maximum Gasteiger partial charge on any atom is 0.0367 e. The van der Waals surface area contributed by atoms with Crippen LogP contribution in [0.4, 0.5) is 11.4 Å². The highest BCUT2D eigenvalue weighted by atomic mass is 15.2. The Morgan fingerprint density at radius 1 is 1.00 bits per heavy atom. The Balaban J connectivity index is 1.73. The third kappa shape index (κ3) is 4.90. The largest absolute Gasteiger partial charge is 0.384 e. The van der Waals surface area contributed by atoms with E-state index in [1.807, 2.05) is 0 Å².